The Hall–Kier alpha value is -3.52. The van der Waals surface area contributed by atoms with Gasteiger partial charge in [-0.2, -0.15) is 0 Å². The van der Waals surface area contributed by atoms with Crippen LogP contribution < -0.4 is 9.80 Å². The number of benzene rings is 2. The summed E-state index contributed by atoms with van der Waals surface area (Å²) in [5.41, 5.74) is 3.47. The van der Waals surface area contributed by atoms with Crippen LogP contribution in [0.15, 0.2) is 66.3 Å². The van der Waals surface area contributed by atoms with Crippen LogP contribution in [0.2, 0.25) is 0 Å². The van der Waals surface area contributed by atoms with Crippen LogP contribution >= 0.6 is 11.3 Å². The van der Waals surface area contributed by atoms with E-state index in [0.29, 0.717) is 0 Å². The van der Waals surface area contributed by atoms with Crippen LogP contribution in [0.1, 0.15) is 0 Å². The molecule has 4 aromatic rings. The molecule has 0 saturated carbocycles. The van der Waals surface area contributed by atoms with Crippen molar-refractivity contribution in [2.45, 2.75) is 0 Å². The van der Waals surface area contributed by atoms with Gasteiger partial charge in [-0.05, 0) is 17.7 Å². The quantitative estimate of drug-likeness (QED) is 0.357. The molecule has 150 valence electrons. The van der Waals surface area contributed by atoms with Crippen molar-refractivity contribution in [2.24, 2.45) is 0 Å². The van der Waals surface area contributed by atoms with Crippen molar-refractivity contribution in [1.29, 1.82) is 0 Å². The molecule has 30 heavy (non-hydrogen) atoms. The van der Waals surface area contributed by atoms with Crippen LogP contribution in [0, 0.1) is 10.1 Å². The van der Waals surface area contributed by atoms with Gasteiger partial charge in [-0.15, -0.1) is 11.3 Å². The maximum atomic E-state index is 10.9. The number of aromatic nitrogens is 2. The van der Waals surface area contributed by atoms with E-state index in [2.05, 4.69) is 37.3 Å². The highest BCUT2D eigenvalue weighted by Gasteiger charge is 2.23. The average Bonchev–Trinajstić information content (AvgIpc) is 3.24. The van der Waals surface area contributed by atoms with Crippen molar-refractivity contribution in [3.63, 3.8) is 0 Å². The molecule has 0 spiro atoms. The number of piperazine rings is 1. The minimum atomic E-state index is -0.368. The van der Waals surface area contributed by atoms with Gasteiger partial charge < -0.3 is 9.80 Å². The lowest BCUT2D eigenvalue weighted by atomic mass is 10.1. The number of rotatable bonds is 4. The molecule has 1 aliphatic rings. The summed E-state index contributed by atoms with van der Waals surface area (Å²) < 4.78 is 0. The number of nitro benzene ring substituents is 1. The number of anilines is 2. The maximum Gasteiger partial charge on any atom is 0.269 e. The molecule has 3 heterocycles. The van der Waals surface area contributed by atoms with E-state index in [-0.39, 0.29) is 10.6 Å². The smallest absolute Gasteiger partial charge is 0.269 e. The highest BCUT2D eigenvalue weighted by atomic mass is 32.1. The number of non-ortho nitro benzene ring substituents is 1. The molecule has 1 fully saturated rings. The highest BCUT2D eigenvalue weighted by molar-refractivity contribution is 7.17. The molecule has 1 aliphatic heterocycles. The van der Waals surface area contributed by atoms with E-state index in [1.807, 2.05) is 30.3 Å². The third-order valence-corrected chi connectivity index (χ3v) is 6.33. The molecular weight excluding hydrogens is 398 g/mol. The van der Waals surface area contributed by atoms with E-state index in [9.17, 15) is 10.1 Å². The first kappa shape index (κ1) is 18.5. The molecule has 0 atom stereocenters. The van der Waals surface area contributed by atoms with Crippen LogP contribution in [0.4, 0.5) is 17.2 Å². The molecule has 2 aromatic carbocycles. The van der Waals surface area contributed by atoms with Crippen molar-refractivity contribution in [2.75, 3.05) is 36.0 Å². The molecular formula is C22H19N5O2S. The van der Waals surface area contributed by atoms with Crippen molar-refractivity contribution >= 4 is 38.7 Å². The number of fused-ring (bicyclic) bond motifs is 1. The van der Waals surface area contributed by atoms with E-state index in [0.717, 1.165) is 47.9 Å². The first-order chi connectivity index (χ1) is 14.7. The Labute approximate surface area is 177 Å². The molecule has 0 N–H and O–H groups in total. The molecule has 0 aliphatic carbocycles. The molecule has 8 heteroatoms. The van der Waals surface area contributed by atoms with Crippen LogP contribution in [0.3, 0.4) is 0 Å². The fraction of sp³-hybridized carbons (Fsp3) is 0.182. The van der Waals surface area contributed by atoms with Gasteiger partial charge in [0.15, 0.2) is 0 Å². The first-order valence-corrected chi connectivity index (χ1v) is 10.6. The molecule has 5 rings (SSSR count). The molecule has 1 saturated heterocycles. The summed E-state index contributed by atoms with van der Waals surface area (Å²) in [6, 6.07) is 17.1. The number of hydrogen-bond donors (Lipinski definition) is 0. The number of nitro groups is 1. The van der Waals surface area contributed by atoms with Gasteiger partial charge in [0.05, 0.1) is 10.3 Å². The van der Waals surface area contributed by atoms with Gasteiger partial charge in [0, 0.05) is 54.9 Å². The van der Waals surface area contributed by atoms with E-state index in [1.54, 1.807) is 29.8 Å². The second-order valence-electron chi connectivity index (χ2n) is 7.14. The standard InChI is InChI=1S/C22H19N5O2S/c28-27(29)18-8-6-17(7-9-18)25-10-12-26(13-11-25)21-20-19(16-4-2-1-3-5-16)14-30-22(20)24-15-23-21/h1-9,14-15H,10-13H2. The molecule has 2 aromatic heterocycles. The Morgan fingerprint density at radius 3 is 2.30 bits per heavy atom. The van der Waals surface area contributed by atoms with Crippen molar-refractivity contribution < 1.29 is 4.92 Å². The van der Waals surface area contributed by atoms with Crippen molar-refractivity contribution in [3.8, 4) is 11.1 Å². The Morgan fingerprint density at radius 2 is 1.60 bits per heavy atom. The van der Waals surface area contributed by atoms with Gasteiger partial charge in [-0.25, -0.2) is 9.97 Å². The Balaban J connectivity index is 1.40. The minimum Gasteiger partial charge on any atom is -0.368 e. The van der Waals surface area contributed by atoms with Gasteiger partial charge in [0.1, 0.15) is 17.0 Å². The van der Waals surface area contributed by atoms with E-state index < -0.39 is 0 Å². The van der Waals surface area contributed by atoms with Crippen molar-refractivity contribution in [1.82, 2.24) is 9.97 Å². The van der Waals surface area contributed by atoms with Gasteiger partial charge >= 0.3 is 0 Å². The van der Waals surface area contributed by atoms with E-state index >= 15 is 0 Å². The van der Waals surface area contributed by atoms with Crippen LogP contribution in [-0.2, 0) is 0 Å². The van der Waals surface area contributed by atoms with Crippen molar-refractivity contribution in [3.05, 3.63) is 76.4 Å². The fourth-order valence-corrected chi connectivity index (χ4v) is 4.80. The fourth-order valence-electron chi connectivity index (χ4n) is 3.89. The second-order valence-corrected chi connectivity index (χ2v) is 8.00. The first-order valence-electron chi connectivity index (χ1n) is 9.73. The monoisotopic (exact) mass is 417 g/mol. The van der Waals surface area contributed by atoms with Crippen LogP contribution in [0.5, 0.6) is 0 Å². The Bertz CT molecular complexity index is 1190. The normalized spacial score (nSPS) is 14.3. The Kier molecular flexibility index (Phi) is 4.76. The number of thiophene rings is 1. The van der Waals surface area contributed by atoms with Gasteiger partial charge in [0.2, 0.25) is 0 Å². The summed E-state index contributed by atoms with van der Waals surface area (Å²) in [6.45, 7) is 3.31. The van der Waals surface area contributed by atoms with Gasteiger partial charge in [-0.3, -0.25) is 10.1 Å². The van der Waals surface area contributed by atoms with Gasteiger partial charge in [0.25, 0.3) is 5.69 Å². The van der Waals surface area contributed by atoms with Crippen LogP contribution in [0.25, 0.3) is 21.3 Å². The maximum absolute atomic E-state index is 10.9. The zero-order valence-corrected chi connectivity index (χ0v) is 17.0. The summed E-state index contributed by atoms with van der Waals surface area (Å²) in [6.07, 6.45) is 1.64. The molecule has 0 bridgehead atoms. The summed E-state index contributed by atoms with van der Waals surface area (Å²) in [7, 11) is 0. The molecule has 0 unspecified atom stereocenters. The Morgan fingerprint density at radius 1 is 0.900 bits per heavy atom. The predicted molar refractivity (Wildman–Crippen MR) is 120 cm³/mol. The lowest BCUT2D eigenvalue weighted by Gasteiger charge is -2.37. The average molecular weight is 417 g/mol. The minimum absolute atomic E-state index is 0.117. The van der Waals surface area contributed by atoms with Gasteiger partial charge in [-0.1, -0.05) is 30.3 Å². The largest absolute Gasteiger partial charge is 0.368 e. The lowest BCUT2D eigenvalue weighted by Crippen LogP contribution is -2.46. The summed E-state index contributed by atoms with van der Waals surface area (Å²) in [5.74, 6) is 0.975. The molecule has 7 nitrogen and oxygen atoms in total. The van der Waals surface area contributed by atoms with E-state index in [4.69, 9.17) is 0 Å². The van der Waals surface area contributed by atoms with Crippen LogP contribution in [-0.4, -0.2) is 41.1 Å². The summed E-state index contributed by atoms with van der Waals surface area (Å²) >= 11 is 1.64. The summed E-state index contributed by atoms with van der Waals surface area (Å²) in [5, 5.41) is 14.1. The lowest BCUT2D eigenvalue weighted by molar-refractivity contribution is -0.384. The zero-order valence-electron chi connectivity index (χ0n) is 16.1. The highest BCUT2D eigenvalue weighted by Crippen LogP contribution is 2.38. The van der Waals surface area contributed by atoms with E-state index in [1.165, 1.54) is 11.1 Å². The third kappa shape index (κ3) is 3.35. The third-order valence-electron chi connectivity index (χ3n) is 5.44. The SMILES string of the molecule is O=[N+]([O-])c1ccc(N2CCN(c3ncnc4scc(-c5ccccc5)c34)CC2)cc1. The number of hydrogen-bond acceptors (Lipinski definition) is 7. The predicted octanol–water partition coefficient (Wildman–Crippen LogP) is 4.59. The molecule has 0 radical (unpaired) electrons. The zero-order chi connectivity index (χ0) is 20.5. The number of nitrogens with zero attached hydrogens (tertiary/aromatic N) is 5. The summed E-state index contributed by atoms with van der Waals surface area (Å²) in [4.78, 5) is 25.2. The second kappa shape index (κ2) is 7.72. The molecule has 0 amide bonds. The topological polar surface area (TPSA) is 75.4 Å².